The lowest BCUT2D eigenvalue weighted by molar-refractivity contribution is -0.0243. The monoisotopic (exact) mass is 195 g/mol. The van der Waals surface area contributed by atoms with Crippen molar-refractivity contribution in [3.05, 3.63) is 0 Å². The predicted molar refractivity (Wildman–Crippen MR) is 49.2 cm³/mol. The van der Waals surface area contributed by atoms with E-state index in [1.807, 2.05) is 6.92 Å². The maximum Gasteiger partial charge on any atom is 0.261 e. The molecule has 80 valence electrons. The summed E-state index contributed by atoms with van der Waals surface area (Å²) in [6.45, 7) is 5.12. The maximum atomic E-state index is 11.8. The molecule has 0 rings (SSSR count). The highest BCUT2D eigenvalue weighted by molar-refractivity contribution is 4.59. The van der Waals surface area contributed by atoms with Crippen LogP contribution in [-0.4, -0.2) is 32.2 Å². The smallest absolute Gasteiger partial charge is 0.261 e. The highest BCUT2D eigenvalue weighted by Crippen LogP contribution is 2.00. The van der Waals surface area contributed by atoms with Crippen molar-refractivity contribution in [2.24, 2.45) is 0 Å². The molecule has 0 aromatic heterocycles. The number of hydrogen-bond donors (Lipinski definition) is 1. The Kier molecular flexibility index (Phi) is 8.24. The van der Waals surface area contributed by atoms with Gasteiger partial charge in [-0.25, -0.2) is 8.78 Å². The number of nitrogens with one attached hydrogen (secondary N) is 1. The first-order valence-electron chi connectivity index (χ1n) is 4.81. The second-order valence-electron chi connectivity index (χ2n) is 2.96. The summed E-state index contributed by atoms with van der Waals surface area (Å²) in [4.78, 5) is 0. The Labute approximate surface area is 78.7 Å². The van der Waals surface area contributed by atoms with Crippen molar-refractivity contribution in [1.82, 2.24) is 5.32 Å². The van der Waals surface area contributed by atoms with Crippen LogP contribution < -0.4 is 5.32 Å². The van der Waals surface area contributed by atoms with Gasteiger partial charge < -0.3 is 10.1 Å². The van der Waals surface area contributed by atoms with Crippen molar-refractivity contribution in [2.45, 2.75) is 39.2 Å². The second-order valence-corrected chi connectivity index (χ2v) is 2.96. The standard InChI is InChI=1S/C9H19F2NO/c1-3-5-12-6-8(4-2)13-7-9(10)11/h8-9,12H,3-7H2,1-2H3. The Morgan fingerprint density at radius 2 is 2.00 bits per heavy atom. The molecule has 0 aromatic rings. The number of hydrogen-bond acceptors (Lipinski definition) is 2. The fourth-order valence-corrected chi connectivity index (χ4v) is 0.970. The molecule has 0 aromatic carbocycles. The molecular formula is C9H19F2NO. The lowest BCUT2D eigenvalue weighted by atomic mass is 10.2. The minimum absolute atomic E-state index is 0.0828. The lowest BCUT2D eigenvalue weighted by Gasteiger charge is -2.16. The van der Waals surface area contributed by atoms with Crippen LogP contribution in [0, 0.1) is 0 Å². The first-order chi connectivity index (χ1) is 6.20. The van der Waals surface area contributed by atoms with Crippen molar-refractivity contribution in [1.29, 1.82) is 0 Å². The topological polar surface area (TPSA) is 21.3 Å². The minimum atomic E-state index is -2.36. The Balaban J connectivity index is 3.39. The number of halogens is 2. The summed E-state index contributed by atoms with van der Waals surface area (Å²) in [6.07, 6.45) is -0.630. The van der Waals surface area contributed by atoms with Crippen LogP contribution in [0.25, 0.3) is 0 Å². The van der Waals surface area contributed by atoms with Crippen molar-refractivity contribution >= 4 is 0 Å². The van der Waals surface area contributed by atoms with E-state index in [0.29, 0.717) is 6.54 Å². The van der Waals surface area contributed by atoms with Crippen LogP contribution in [0.2, 0.25) is 0 Å². The molecule has 0 saturated heterocycles. The maximum absolute atomic E-state index is 11.8. The van der Waals surface area contributed by atoms with E-state index >= 15 is 0 Å². The van der Waals surface area contributed by atoms with Gasteiger partial charge in [-0.1, -0.05) is 13.8 Å². The molecule has 0 aliphatic carbocycles. The average Bonchev–Trinajstić information content (AvgIpc) is 2.10. The van der Waals surface area contributed by atoms with Crippen LogP contribution in [0.1, 0.15) is 26.7 Å². The van der Waals surface area contributed by atoms with Gasteiger partial charge in [-0.05, 0) is 19.4 Å². The summed E-state index contributed by atoms with van der Waals surface area (Å²) in [6, 6.07) is 0. The summed E-state index contributed by atoms with van der Waals surface area (Å²) >= 11 is 0. The number of alkyl halides is 2. The highest BCUT2D eigenvalue weighted by atomic mass is 19.3. The molecule has 0 aliphatic heterocycles. The Morgan fingerprint density at radius 3 is 2.46 bits per heavy atom. The molecule has 1 N–H and O–H groups in total. The van der Waals surface area contributed by atoms with Gasteiger partial charge in [0.25, 0.3) is 6.43 Å². The number of rotatable bonds is 8. The average molecular weight is 195 g/mol. The SMILES string of the molecule is CCCNCC(CC)OCC(F)F. The third kappa shape index (κ3) is 8.12. The fraction of sp³-hybridized carbons (Fsp3) is 1.00. The van der Waals surface area contributed by atoms with E-state index in [1.165, 1.54) is 0 Å². The molecule has 2 nitrogen and oxygen atoms in total. The molecule has 0 saturated carbocycles. The Hall–Kier alpha value is -0.220. The van der Waals surface area contributed by atoms with E-state index in [4.69, 9.17) is 4.74 Å². The molecular weight excluding hydrogens is 176 g/mol. The molecule has 0 bridgehead atoms. The molecule has 0 amide bonds. The van der Waals surface area contributed by atoms with Gasteiger partial charge in [0.2, 0.25) is 0 Å². The summed E-state index contributed by atoms with van der Waals surface area (Å²) < 4.78 is 28.5. The molecule has 0 heterocycles. The zero-order chi connectivity index (χ0) is 10.1. The highest BCUT2D eigenvalue weighted by Gasteiger charge is 2.09. The predicted octanol–water partition coefficient (Wildman–Crippen LogP) is 2.05. The quantitative estimate of drug-likeness (QED) is 0.598. The largest absolute Gasteiger partial charge is 0.371 e. The summed E-state index contributed by atoms with van der Waals surface area (Å²) in [5, 5.41) is 3.14. The second kappa shape index (κ2) is 8.38. The van der Waals surface area contributed by atoms with Crippen molar-refractivity contribution < 1.29 is 13.5 Å². The molecule has 0 spiro atoms. The van der Waals surface area contributed by atoms with Gasteiger partial charge in [-0.15, -0.1) is 0 Å². The Bertz CT molecular complexity index is 112. The van der Waals surface area contributed by atoms with Gasteiger partial charge in [0.1, 0.15) is 6.61 Å². The molecule has 0 radical (unpaired) electrons. The normalized spacial score (nSPS) is 13.6. The molecule has 1 unspecified atom stereocenters. The van der Waals surface area contributed by atoms with E-state index in [9.17, 15) is 8.78 Å². The Morgan fingerprint density at radius 1 is 1.31 bits per heavy atom. The van der Waals surface area contributed by atoms with Crippen molar-refractivity contribution in [3.63, 3.8) is 0 Å². The first kappa shape index (κ1) is 12.8. The van der Waals surface area contributed by atoms with Gasteiger partial charge >= 0.3 is 0 Å². The van der Waals surface area contributed by atoms with Crippen LogP contribution >= 0.6 is 0 Å². The fourth-order valence-electron chi connectivity index (χ4n) is 0.970. The van der Waals surface area contributed by atoms with Crippen LogP contribution in [-0.2, 0) is 4.74 Å². The third-order valence-corrected chi connectivity index (χ3v) is 1.71. The van der Waals surface area contributed by atoms with Crippen LogP contribution in [0.15, 0.2) is 0 Å². The summed E-state index contributed by atoms with van der Waals surface area (Å²) in [5.74, 6) is 0. The summed E-state index contributed by atoms with van der Waals surface area (Å²) in [5.41, 5.74) is 0. The van der Waals surface area contributed by atoms with Crippen LogP contribution in [0.4, 0.5) is 8.78 Å². The van der Waals surface area contributed by atoms with Gasteiger partial charge in [0.05, 0.1) is 6.10 Å². The van der Waals surface area contributed by atoms with Gasteiger partial charge in [0.15, 0.2) is 0 Å². The van der Waals surface area contributed by atoms with Crippen molar-refractivity contribution in [2.75, 3.05) is 19.7 Å². The molecule has 4 heteroatoms. The van der Waals surface area contributed by atoms with Crippen LogP contribution in [0.3, 0.4) is 0 Å². The first-order valence-corrected chi connectivity index (χ1v) is 4.81. The molecule has 13 heavy (non-hydrogen) atoms. The van der Waals surface area contributed by atoms with Crippen LogP contribution in [0.5, 0.6) is 0 Å². The van der Waals surface area contributed by atoms with Gasteiger partial charge in [-0.3, -0.25) is 0 Å². The van der Waals surface area contributed by atoms with E-state index in [2.05, 4.69) is 12.2 Å². The van der Waals surface area contributed by atoms with Gasteiger partial charge in [-0.2, -0.15) is 0 Å². The van der Waals surface area contributed by atoms with E-state index < -0.39 is 13.0 Å². The minimum Gasteiger partial charge on any atom is -0.371 e. The number of ether oxygens (including phenoxy) is 1. The lowest BCUT2D eigenvalue weighted by Crippen LogP contribution is -2.30. The molecule has 0 aliphatic rings. The zero-order valence-corrected chi connectivity index (χ0v) is 8.35. The summed E-state index contributed by atoms with van der Waals surface area (Å²) in [7, 11) is 0. The van der Waals surface area contributed by atoms with E-state index in [-0.39, 0.29) is 6.10 Å². The third-order valence-electron chi connectivity index (χ3n) is 1.71. The van der Waals surface area contributed by atoms with Crippen molar-refractivity contribution in [3.8, 4) is 0 Å². The molecule has 1 atom stereocenters. The van der Waals surface area contributed by atoms with E-state index in [1.54, 1.807) is 0 Å². The van der Waals surface area contributed by atoms with Gasteiger partial charge in [0, 0.05) is 6.54 Å². The zero-order valence-electron chi connectivity index (χ0n) is 8.35. The molecule has 0 fully saturated rings. The van der Waals surface area contributed by atoms with E-state index in [0.717, 1.165) is 19.4 Å².